The molecule has 0 radical (unpaired) electrons. The molecule has 1 unspecified atom stereocenters. The molecule has 0 aliphatic carbocycles. The third-order valence-corrected chi connectivity index (χ3v) is 1.99. The maximum Gasteiger partial charge on any atom is 0.219 e. The second-order valence-electron chi connectivity index (χ2n) is 2.80. The molecule has 0 saturated carbocycles. The van der Waals surface area contributed by atoms with Crippen molar-refractivity contribution in [1.29, 1.82) is 0 Å². The molecule has 5 heteroatoms. The molecule has 0 aliphatic rings. The van der Waals surface area contributed by atoms with Crippen LogP contribution in [0.1, 0.15) is 26.7 Å². The van der Waals surface area contributed by atoms with Gasteiger partial charge in [-0.2, -0.15) is 0 Å². The van der Waals surface area contributed by atoms with Gasteiger partial charge in [-0.05, 0) is 29.3 Å². The van der Waals surface area contributed by atoms with Gasteiger partial charge in [-0.1, -0.05) is 0 Å². The number of carbonyl (C=O) groups is 3. The molecule has 0 fully saturated rings. The number of nitrogens with one attached hydrogen (secondary N) is 1. The van der Waals surface area contributed by atoms with E-state index in [-0.39, 0.29) is 16.4 Å². The molecule has 0 heterocycles. The van der Waals surface area contributed by atoms with Gasteiger partial charge in [0, 0.05) is 13.3 Å². The van der Waals surface area contributed by atoms with Crippen molar-refractivity contribution in [1.82, 2.24) is 5.32 Å². The second-order valence-corrected chi connectivity index (χ2v) is 3.58. The number of hydrogen-bond acceptors (Lipinski definition) is 3. The Kier molecular flexibility index (Phi) is 5.53. The van der Waals surface area contributed by atoms with Crippen LogP contribution in [0.3, 0.4) is 0 Å². The van der Waals surface area contributed by atoms with Crippen molar-refractivity contribution in [2.45, 2.75) is 32.7 Å². The number of amides is 1. The van der Waals surface area contributed by atoms with Crippen LogP contribution in [0, 0.1) is 0 Å². The molecule has 0 aromatic carbocycles. The van der Waals surface area contributed by atoms with E-state index in [4.69, 9.17) is 0 Å². The van der Waals surface area contributed by atoms with Crippen molar-refractivity contribution < 1.29 is 14.4 Å². The lowest BCUT2D eigenvalue weighted by molar-refractivity contribution is -0.123. The van der Waals surface area contributed by atoms with Gasteiger partial charge in [0.1, 0.15) is 5.78 Å². The Morgan fingerprint density at radius 1 is 1.31 bits per heavy atom. The van der Waals surface area contributed by atoms with E-state index in [1.54, 1.807) is 0 Å². The summed E-state index contributed by atoms with van der Waals surface area (Å²) in [4.78, 5) is 32.1. The van der Waals surface area contributed by atoms with Crippen LogP contribution in [0.25, 0.3) is 0 Å². The number of ketones is 1. The van der Waals surface area contributed by atoms with Gasteiger partial charge in [0.05, 0.1) is 6.04 Å². The second kappa shape index (κ2) is 5.85. The molecule has 1 amide bonds. The van der Waals surface area contributed by atoms with E-state index in [0.29, 0.717) is 12.8 Å². The summed E-state index contributed by atoms with van der Waals surface area (Å²) in [6, 6.07) is -0.596. The van der Waals surface area contributed by atoms with Gasteiger partial charge in [0.25, 0.3) is 0 Å². The molecule has 1 N–H and O–H groups in total. The van der Waals surface area contributed by atoms with Gasteiger partial charge in [0.2, 0.25) is 10.6 Å². The van der Waals surface area contributed by atoms with Crippen LogP contribution in [-0.4, -0.2) is 22.4 Å². The van der Waals surface area contributed by atoms with E-state index in [0.717, 1.165) is 0 Å². The number of carbonyl (C=O) groups excluding carboxylic acids is 3. The molecule has 0 aliphatic heterocycles. The van der Waals surface area contributed by atoms with Crippen molar-refractivity contribution in [3.05, 3.63) is 0 Å². The highest BCUT2D eigenvalue weighted by Crippen LogP contribution is 2.03. The molecule has 4 nitrogen and oxygen atoms in total. The van der Waals surface area contributed by atoms with E-state index < -0.39 is 6.04 Å². The fourth-order valence-corrected chi connectivity index (χ4v) is 1.18. The van der Waals surface area contributed by atoms with Crippen molar-refractivity contribution in [3.8, 4) is 0 Å². The molecule has 0 spiro atoms. The first kappa shape index (κ1) is 12.3. The highest BCUT2D eigenvalue weighted by molar-refractivity contribution is 9.18. The van der Waals surface area contributed by atoms with Crippen molar-refractivity contribution in [3.63, 3.8) is 0 Å². The maximum absolute atomic E-state index is 10.9. The molecular formula is C8H12BrNO3. The van der Waals surface area contributed by atoms with Gasteiger partial charge in [0.15, 0.2) is 0 Å². The zero-order chi connectivity index (χ0) is 10.4. The number of halogens is 1. The van der Waals surface area contributed by atoms with Crippen LogP contribution in [-0.2, 0) is 14.4 Å². The lowest BCUT2D eigenvalue weighted by Crippen LogP contribution is -2.37. The number of hydrogen-bond donors (Lipinski definition) is 1. The van der Waals surface area contributed by atoms with Crippen LogP contribution in [0.2, 0.25) is 0 Å². The largest absolute Gasteiger partial charge is 0.346 e. The molecule has 0 aromatic rings. The Morgan fingerprint density at radius 2 is 1.85 bits per heavy atom. The fourth-order valence-electron chi connectivity index (χ4n) is 0.835. The first-order valence-corrected chi connectivity index (χ1v) is 4.68. The first-order chi connectivity index (χ1) is 5.93. The highest BCUT2D eigenvalue weighted by atomic mass is 79.9. The van der Waals surface area contributed by atoms with E-state index in [9.17, 15) is 14.4 Å². The SMILES string of the molecule is CC(=O)CCC(NC(C)=O)C(=O)Br. The zero-order valence-corrected chi connectivity index (χ0v) is 9.18. The molecule has 0 saturated heterocycles. The van der Waals surface area contributed by atoms with Crippen LogP contribution >= 0.6 is 15.9 Å². The molecule has 0 rings (SSSR count). The minimum atomic E-state index is -0.596. The normalized spacial score (nSPS) is 11.9. The smallest absolute Gasteiger partial charge is 0.219 e. The minimum Gasteiger partial charge on any atom is -0.346 e. The van der Waals surface area contributed by atoms with E-state index in [2.05, 4.69) is 21.2 Å². The summed E-state index contributed by atoms with van der Waals surface area (Å²) < 4.78 is -0.302. The Hall–Kier alpha value is -0.710. The summed E-state index contributed by atoms with van der Waals surface area (Å²) in [6.45, 7) is 2.78. The topological polar surface area (TPSA) is 63.2 Å². The van der Waals surface area contributed by atoms with Gasteiger partial charge in [-0.3, -0.25) is 9.59 Å². The number of rotatable bonds is 5. The lowest BCUT2D eigenvalue weighted by atomic mass is 10.1. The predicted octanol–water partition coefficient (Wildman–Crippen LogP) is 0.782. The van der Waals surface area contributed by atoms with Crippen LogP contribution < -0.4 is 5.32 Å². The Morgan fingerprint density at radius 3 is 2.15 bits per heavy atom. The average Bonchev–Trinajstić information content (AvgIpc) is 1.96. The van der Waals surface area contributed by atoms with E-state index in [1.807, 2.05) is 0 Å². The first-order valence-electron chi connectivity index (χ1n) is 3.89. The number of Topliss-reactive ketones (excluding diaryl/α,β-unsaturated/α-hetero) is 1. The molecule has 0 bridgehead atoms. The van der Waals surface area contributed by atoms with Crippen molar-refractivity contribution >= 4 is 32.3 Å². The summed E-state index contributed by atoms with van der Waals surface area (Å²) in [5, 5.41) is 2.45. The summed E-state index contributed by atoms with van der Waals surface area (Å²) in [5.74, 6) is -0.273. The standard InChI is InChI=1S/C8H12BrNO3/c1-5(11)3-4-7(8(9)13)10-6(2)12/h7H,3-4H2,1-2H3,(H,10,12). The summed E-state index contributed by atoms with van der Waals surface area (Å²) in [7, 11) is 0. The molecule has 13 heavy (non-hydrogen) atoms. The average molecular weight is 250 g/mol. The zero-order valence-electron chi connectivity index (χ0n) is 7.59. The van der Waals surface area contributed by atoms with E-state index in [1.165, 1.54) is 13.8 Å². The van der Waals surface area contributed by atoms with E-state index >= 15 is 0 Å². The van der Waals surface area contributed by atoms with Crippen LogP contribution in [0.5, 0.6) is 0 Å². The Bertz CT molecular complexity index is 227. The van der Waals surface area contributed by atoms with Crippen molar-refractivity contribution in [2.75, 3.05) is 0 Å². The lowest BCUT2D eigenvalue weighted by Gasteiger charge is -2.11. The summed E-state index contributed by atoms with van der Waals surface area (Å²) >= 11 is 2.75. The third kappa shape index (κ3) is 6.45. The quantitative estimate of drug-likeness (QED) is 0.733. The van der Waals surface area contributed by atoms with Gasteiger partial charge in [-0.15, -0.1) is 0 Å². The molecule has 1 atom stereocenters. The monoisotopic (exact) mass is 249 g/mol. The fraction of sp³-hybridized carbons (Fsp3) is 0.625. The van der Waals surface area contributed by atoms with Gasteiger partial charge < -0.3 is 10.1 Å². The maximum atomic E-state index is 10.9. The van der Waals surface area contributed by atoms with Crippen molar-refractivity contribution in [2.24, 2.45) is 0 Å². The Labute approximate surface area is 85.2 Å². The predicted molar refractivity (Wildman–Crippen MR) is 51.5 cm³/mol. The molecule has 0 aromatic heterocycles. The minimum absolute atomic E-state index is 0.00380. The van der Waals surface area contributed by atoms with Gasteiger partial charge >= 0.3 is 0 Å². The van der Waals surface area contributed by atoms with Gasteiger partial charge in [-0.25, -0.2) is 0 Å². The Balaban J connectivity index is 4.02. The summed E-state index contributed by atoms with van der Waals surface area (Å²) in [5.41, 5.74) is 0. The summed E-state index contributed by atoms with van der Waals surface area (Å²) in [6.07, 6.45) is 0.640. The van der Waals surface area contributed by atoms with Crippen LogP contribution in [0.15, 0.2) is 0 Å². The van der Waals surface area contributed by atoms with Crippen LogP contribution in [0.4, 0.5) is 0 Å². The third-order valence-electron chi connectivity index (χ3n) is 1.44. The highest BCUT2D eigenvalue weighted by Gasteiger charge is 2.16. The molecular weight excluding hydrogens is 238 g/mol. The molecule has 74 valence electrons.